The van der Waals surface area contributed by atoms with Crippen molar-refractivity contribution in [3.8, 4) is 0 Å². The zero-order chi connectivity index (χ0) is 19.5. The van der Waals surface area contributed by atoms with Gasteiger partial charge in [0.2, 0.25) is 0 Å². The van der Waals surface area contributed by atoms with Crippen LogP contribution in [0.4, 0.5) is 0 Å². The van der Waals surface area contributed by atoms with Crippen LogP contribution in [0.1, 0.15) is 66.2 Å². The molecule has 7 heteroatoms. The summed E-state index contributed by atoms with van der Waals surface area (Å²) >= 11 is 0. The minimum atomic E-state index is -0.923. The van der Waals surface area contributed by atoms with Gasteiger partial charge in [0.05, 0.1) is 0 Å². The summed E-state index contributed by atoms with van der Waals surface area (Å²) < 4.78 is 22.1. The molecule has 0 spiro atoms. The Labute approximate surface area is 155 Å². The summed E-state index contributed by atoms with van der Waals surface area (Å²) in [7, 11) is 0. The van der Waals surface area contributed by atoms with Crippen LogP contribution in [-0.4, -0.2) is 42.8 Å². The zero-order valence-corrected chi connectivity index (χ0v) is 16.1. The maximum Gasteiger partial charge on any atom is 0.306 e. The Morgan fingerprint density at radius 3 is 1.92 bits per heavy atom. The summed E-state index contributed by atoms with van der Waals surface area (Å²) in [5, 5.41) is 0. The van der Waals surface area contributed by atoms with Gasteiger partial charge in [-0.05, 0) is 32.3 Å². The molecule has 0 aromatic rings. The van der Waals surface area contributed by atoms with Crippen molar-refractivity contribution in [3.63, 3.8) is 0 Å². The largest absolute Gasteiger partial charge is 0.490 e. The fraction of sp³-hybridized carbons (Fsp3) is 0.737. The third kappa shape index (κ3) is 6.69. The molecule has 26 heavy (non-hydrogen) atoms. The van der Waals surface area contributed by atoms with Crippen LogP contribution in [0.15, 0.2) is 11.8 Å². The first kappa shape index (κ1) is 22.0. The predicted octanol–water partition coefficient (Wildman–Crippen LogP) is 3.06. The molecule has 0 amide bonds. The van der Waals surface area contributed by atoms with Crippen molar-refractivity contribution in [2.75, 3.05) is 6.61 Å². The number of hydrogen-bond donors (Lipinski definition) is 0. The van der Waals surface area contributed by atoms with E-state index < -0.39 is 36.2 Å². The highest BCUT2D eigenvalue weighted by molar-refractivity contribution is 5.71. The maximum atomic E-state index is 12.1. The van der Waals surface area contributed by atoms with Gasteiger partial charge in [0.1, 0.15) is 12.4 Å². The van der Waals surface area contributed by atoms with E-state index in [9.17, 15) is 14.4 Å². The number of rotatable bonds is 9. The molecule has 0 saturated carbocycles. The molecule has 1 rings (SSSR count). The van der Waals surface area contributed by atoms with Gasteiger partial charge in [-0.3, -0.25) is 14.4 Å². The molecule has 3 atom stereocenters. The molecule has 1 fully saturated rings. The molecule has 1 heterocycles. The Bertz CT molecular complexity index is 512. The molecule has 0 aromatic carbocycles. The lowest BCUT2D eigenvalue weighted by Gasteiger charge is -2.37. The molecule has 148 valence electrons. The fourth-order valence-electron chi connectivity index (χ4n) is 2.58. The number of esters is 3. The topological polar surface area (TPSA) is 88.1 Å². The quantitative estimate of drug-likeness (QED) is 0.455. The first-order valence-corrected chi connectivity index (χ1v) is 9.34. The molecule has 0 unspecified atom stereocenters. The number of ether oxygens (including phenoxy) is 4. The Balaban J connectivity index is 3.03. The number of carbonyl (C=O) groups excluding carboxylic acids is 3. The smallest absolute Gasteiger partial charge is 0.306 e. The van der Waals surface area contributed by atoms with Crippen LogP contribution in [0, 0.1) is 0 Å². The highest BCUT2D eigenvalue weighted by Gasteiger charge is 2.45. The van der Waals surface area contributed by atoms with Crippen LogP contribution in [0.5, 0.6) is 0 Å². The molecular formula is C19H30O7. The highest BCUT2D eigenvalue weighted by atomic mass is 16.6. The SMILES string of the molecule is C/C=C1/OC[C@@H](OC(=O)CCC)[C@@H](OC(=O)CCC)[C@@H]1OC(=O)CCC. The van der Waals surface area contributed by atoms with Crippen LogP contribution in [-0.2, 0) is 33.3 Å². The van der Waals surface area contributed by atoms with Crippen molar-refractivity contribution < 1.29 is 33.3 Å². The Morgan fingerprint density at radius 1 is 0.923 bits per heavy atom. The van der Waals surface area contributed by atoms with Gasteiger partial charge in [-0.2, -0.15) is 0 Å². The van der Waals surface area contributed by atoms with E-state index in [-0.39, 0.29) is 25.9 Å². The van der Waals surface area contributed by atoms with Gasteiger partial charge in [-0.25, -0.2) is 0 Å². The lowest BCUT2D eigenvalue weighted by atomic mass is 10.0. The molecule has 0 bridgehead atoms. The van der Waals surface area contributed by atoms with E-state index in [1.165, 1.54) is 0 Å². The van der Waals surface area contributed by atoms with E-state index >= 15 is 0 Å². The Kier molecular flexibility index (Phi) is 9.76. The van der Waals surface area contributed by atoms with Crippen LogP contribution in [0.25, 0.3) is 0 Å². The van der Waals surface area contributed by atoms with Crippen LogP contribution in [0.3, 0.4) is 0 Å². The second-order valence-corrected chi connectivity index (χ2v) is 6.15. The maximum absolute atomic E-state index is 12.1. The van der Waals surface area contributed by atoms with Crippen molar-refractivity contribution in [1.29, 1.82) is 0 Å². The van der Waals surface area contributed by atoms with E-state index in [4.69, 9.17) is 18.9 Å². The first-order chi connectivity index (χ1) is 12.5. The van der Waals surface area contributed by atoms with E-state index in [1.54, 1.807) is 13.0 Å². The molecule has 1 saturated heterocycles. The summed E-state index contributed by atoms with van der Waals surface area (Å²) in [5.74, 6) is -0.854. The molecule has 0 aliphatic carbocycles. The second-order valence-electron chi connectivity index (χ2n) is 6.15. The van der Waals surface area contributed by atoms with Crippen LogP contribution >= 0.6 is 0 Å². The molecule has 7 nitrogen and oxygen atoms in total. The van der Waals surface area contributed by atoms with Gasteiger partial charge < -0.3 is 18.9 Å². The number of allylic oxidation sites excluding steroid dienone is 1. The normalized spacial score (nSPS) is 23.8. The second kappa shape index (κ2) is 11.5. The summed E-state index contributed by atoms with van der Waals surface area (Å²) in [6.45, 7) is 7.37. The lowest BCUT2D eigenvalue weighted by molar-refractivity contribution is -0.200. The highest BCUT2D eigenvalue weighted by Crippen LogP contribution is 2.27. The minimum absolute atomic E-state index is 0.0427. The first-order valence-electron chi connectivity index (χ1n) is 9.34. The zero-order valence-electron chi connectivity index (χ0n) is 16.1. The van der Waals surface area contributed by atoms with Gasteiger partial charge in [-0.15, -0.1) is 0 Å². The van der Waals surface area contributed by atoms with E-state index in [0.717, 1.165) is 0 Å². The van der Waals surface area contributed by atoms with Gasteiger partial charge in [-0.1, -0.05) is 20.8 Å². The summed E-state index contributed by atoms with van der Waals surface area (Å²) in [5.41, 5.74) is 0. The predicted molar refractivity (Wildman–Crippen MR) is 94.1 cm³/mol. The molecule has 0 radical (unpaired) electrons. The van der Waals surface area contributed by atoms with Gasteiger partial charge in [0.15, 0.2) is 18.3 Å². The average Bonchev–Trinajstić information content (AvgIpc) is 2.58. The molecule has 0 N–H and O–H groups in total. The summed E-state index contributed by atoms with van der Waals surface area (Å²) in [4.78, 5) is 36.0. The minimum Gasteiger partial charge on any atom is -0.490 e. The van der Waals surface area contributed by atoms with E-state index in [1.807, 2.05) is 20.8 Å². The standard InChI is InChI=1S/C19H30O7/c1-5-9-15(20)24-14-12-23-13(8-4)18(25-16(21)10-6-2)19(14)26-17(22)11-7-3/h8,14,18-19H,5-7,9-12H2,1-4H3/b13-8+/t14-,18-,19-/m1/s1. The van der Waals surface area contributed by atoms with E-state index in [0.29, 0.717) is 25.0 Å². The Morgan fingerprint density at radius 2 is 1.42 bits per heavy atom. The molecule has 0 aromatic heterocycles. The Hall–Kier alpha value is -2.05. The number of hydrogen-bond acceptors (Lipinski definition) is 7. The van der Waals surface area contributed by atoms with Crippen LogP contribution < -0.4 is 0 Å². The monoisotopic (exact) mass is 370 g/mol. The summed E-state index contributed by atoms with van der Waals surface area (Å²) in [6, 6.07) is 0. The van der Waals surface area contributed by atoms with Crippen molar-refractivity contribution in [3.05, 3.63) is 11.8 Å². The molecule has 1 aliphatic heterocycles. The average molecular weight is 370 g/mol. The van der Waals surface area contributed by atoms with Crippen molar-refractivity contribution in [2.45, 2.75) is 84.5 Å². The van der Waals surface area contributed by atoms with Crippen molar-refractivity contribution >= 4 is 17.9 Å². The fourth-order valence-corrected chi connectivity index (χ4v) is 2.58. The van der Waals surface area contributed by atoms with Gasteiger partial charge >= 0.3 is 17.9 Å². The third-order valence-corrected chi connectivity index (χ3v) is 3.82. The van der Waals surface area contributed by atoms with Crippen molar-refractivity contribution in [1.82, 2.24) is 0 Å². The van der Waals surface area contributed by atoms with Gasteiger partial charge in [0.25, 0.3) is 0 Å². The van der Waals surface area contributed by atoms with Crippen LogP contribution in [0.2, 0.25) is 0 Å². The number of carbonyl (C=O) groups is 3. The van der Waals surface area contributed by atoms with E-state index in [2.05, 4.69) is 0 Å². The van der Waals surface area contributed by atoms with Gasteiger partial charge in [0, 0.05) is 19.3 Å². The molecule has 1 aliphatic rings. The third-order valence-electron chi connectivity index (χ3n) is 3.82. The molecular weight excluding hydrogens is 340 g/mol. The lowest BCUT2D eigenvalue weighted by Crippen LogP contribution is -2.52. The van der Waals surface area contributed by atoms with Crippen molar-refractivity contribution in [2.24, 2.45) is 0 Å². The summed E-state index contributed by atoms with van der Waals surface area (Å²) in [6.07, 6.45) is 1.61.